The molecule has 156 valence electrons. The van der Waals surface area contributed by atoms with E-state index in [1.807, 2.05) is 60.7 Å². The third kappa shape index (κ3) is 4.63. The van der Waals surface area contributed by atoms with E-state index < -0.39 is 5.97 Å². The van der Waals surface area contributed by atoms with Crippen molar-refractivity contribution in [2.45, 2.75) is 13.5 Å². The molecular formula is C26H19N3O3. The van der Waals surface area contributed by atoms with E-state index in [0.29, 0.717) is 23.4 Å². The molecule has 32 heavy (non-hydrogen) atoms. The van der Waals surface area contributed by atoms with Crippen molar-refractivity contribution in [1.29, 1.82) is 0 Å². The minimum Gasteiger partial charge on any atom is -0.477 e. The second-order valence-corrected chi connectivity index (χ2v) is 7.10. The molecule has 0 radical (unpaired) electrons. The van der Waals surface area contributed by atoms with Crippen molar-refractivity contribution < 1.29 is 14.7 Å². The molecule has 6 nitrogen and oxygen atoms in total. The van der Waals surface area contributed by atoms with Gasteiger partial charge in [0, 0.05) is 29.6 Å². The zero-order valence-corrected chi connectivity index (χ0v) is 17.3. The molecule has 0 saturated carbocycles. The number of benzene rings is 2. The third-order valence-electron chi connectivity index (χ3n) is 4.88. The monoisotopic (exact) mass is 421 g/mol. The molecule has 0 aliphatic rings. The molecule has 4 aromatic rings. The highest BCUT2D eigenvalue weighted by Gasteiger charge is 2.16. The van der Waals surface area contributed by atoms with E-state index in [9.17, 15) is 9.59 Å². The number of anilines is 1. The molecule has 0 atom stereocenters. The summed E-state index contributed by atoms with van der Waals surface area (Å²) in [6.07, 6.45) is 1.42. The van der Waals surface area contributed by atoms with Crippen LogP contribution in [0.5, 0.6) is 0 Å². The molecule has 1 amide bonds. The van der Waals surface area contributed by atoms with Crippen LogP contribution < -0.4 is 4.90 Å². The van der Waals surface area contributed by atoms with E-state index in [1.165, 1.54) is 19.2 Å². The highest BCUT2D eigenvalue weighted by Crippen LogP contribution is 2.23. The topological polar surface area (TPSA) is 83.4 Å². The van der Waals surface area contributed by atoms with Crippen LogP contribution in [0, 0.1) is 11.8 Å². The molecule has 0 bridgehead atoms. The lowest BCUT2D eigenvalue weighted by Crippen LogP contribution is -2.29. The number of carboxylic acids is 1. The number of para-hydroxylation sites is 2. The van der Waals surface area contributed by atoms with Gasteiger partial charge in [-0.1, -0.05) is 48.2 Å². The van der Waals surface area contributed by atoms with E-state index in [-0.39, 0.29) is 11.6 Å². The predicted molar refractivity (Wildman–Crippen MR) is 122 cm³/mol. The number of hydrogen-bond acceptors (Lipinski definition) is 4. The maximum Gasteiger partial charge on any atom is 0.354 e. The van der Waals surface area contributed by atoms with Crippen LogP contribution in [0.1, 0.15) is 34.2 Å². The van der Waals surface area contributed by atoms with Crippen molar-refractivity contribution >= 4 is 28.5 Å². The summed E-state index contributed by atoms with van der Waals surface area (Å²) in [5.74, 6) is 4.86. The number of carbonyl (C=O) groups is 2. The molecule has 4 rings (SSSR count). The Hall–Kier alpha value is -4.50. The number of amides is 1. The number of nitrogens with zero attached hydrogens (tertiary/aromatic N) is 3. The van der Waals surface area contributed by atoms with Gasteiger partial charge in [-0.25, -0.2) is 9.78 Å². The standard InChI is InChI=1S/C26H19N3O3/c1-18(30)29(17-22-14-13-20-6-2-4-8-23(20)28-22)25-9-5-3-7-21(25)12-10-19-11-15-24(26(31)32)27-16-19/h2-9,11,13-16H,17H2,1H3,(H,31,32). The minimum absolute atomic E-state index is 0.0402. The fourth-order valence-corrected chi connectivity index (χ4v) is 3.27. The summed E-state index contributed by atoms with van der Waals surface area (Å²) < 4.78 is 0. The fourth-order valence-electron chi connectivity index (χ4n) is 3.27. The van der Waals surface area contributed by atoms with Crippen molar-refractivity contribution in [3.8, 4) is 11.8 Å². The fraction of sp³-hybridized carbons (Fsp3) is 0.0769. The van der Waals surface area contributed by atoms with Crippen molar-refractivity contribution in [1.82, 2.24) is 9.97 Å². The first-order valence-electron chi connectivity index (χ1n) is 9.94. The lowest BCUT2D eigenvalue weighted by atomic mass is 10.1. The number of rotatable bonds is 4. The summed E-state index contributed by atoms with van der Waals surface area (Å²) in [4.78, 5) is 33.7. The van der Waals surface area contributed by atoms with Gasteiger partial charge in [-0.05, 0) is 36.4 Å². The first-order valence-corrected chi connectivity index (χ1v) is 9.94. The molecular weight excluding hydrogens is 402 g/mol. The third-order valence-corrected chi connectivity index (χ3v) is 4.88. The van der Waals surface area contributed by atoms with Crippen molar-refractivity contribution in [3.05, 3.63) is 102 Å². The van der Waals surface area contributed by atoms with Crippen molar-refractivity contribution in [2.24, 2.45) is 0 Å². The lowest BCUT2D eigenvalue weighted by molar-refractivity contribution is -0.116. The summed E-state index contributed by atoms with van der Waals surface area (Å²) in [7, 11) is 0. The Morgan fingerprint density at radius 3 is 2.47 bits per heavy atom. The Morgan fingerprint density at radius 2 is 1.72 bits per heavy atom. The van der Waals surface area contributed by atoms with Crippen LogP contribution in [-0.4, -0.2) is 27.0 Å². The van der Waals surface area contributed by atoms with Gasteiger partial charge in [-0.15, -0.1) is 0 Å². The van der Waals surface area contributed by atoms with Crippen molar-refractivity contribution in [3.63, 3.8) is 0 Å². The van der Waals surface area contributed by atoms with Gasteiger partial charge in [0.1, 0.15) is 5.69 Å². The molecule has 0 fully saturated rings. The lowest BCUT2D eigenvalue weighted by Gasteiger charge is -2.22. The van der Waals surface area contributed by atoms with E-state index >= 15 is 0 Å². The molecule has 2 heterocycles. The van der Waals surface area contributed by atoms with Crippen LogP contribution in [0.15, 0.2) is 79.0 Å². The van der Waals surface area contributed by atoms with Crippen LogP contribution in [0.4, 0.5) is 5.69 Å². The van der Waals surface area contributed by atoms with Gasteiger partial charge in [0.05, 0.1) is 23.4 Å². The number of carbonyl (C=O) groups excluding carboxylic acids is 1. The summed E-state index contributed by atoms with van der Waals surface area (Å²) in [6.45, 7) is 1.83. The molecule has 0 unspecified atom stereocenters. The maximum absolute atomic E-state index is 12.5. The Labute approximate surface area is 185 Å². The second kappa shape index (κ2) is 9.11. The van der Waals surface area contributed by atoms with Crippen LogP contribution >= 0.6 is 0 Å². The van der Waals surface area contributed by atoms with E-state index in [2.05, 4.69) is 21.8 Å². The number of fused-ring (bicyclic) bond motifs is 1. The first-order chi connectivity index (χ1) is 15.5. The Kier molecular flexibility index (Phi) is 5.91. The summed E-state index contributed by atoms with van der Waals surface area (Å²) in [5.41, 5.74) is 3.54. The van der Waals surface area contributed by atoms with E-state index in [0.717, 1.165) is 16.6 Å². The quantitative estimate of drug-likeness (QED) is 0.497. The molecule has 0 aliphatic heterocycles. The second-order valence-electron chi connectivity index (χ2n) is 7.10. The maximum atomic E-state index is 12.5. The minimum atomic E-state index is -1.09. The van der Waals surface area contributed by atoms with Gasteiger partial charge in [0.15, 0.2) is 0 Å². The van der Waals surface area contributed by atoms with Crippen LogP contribution in [0.2, 0.25) is 0 Å². The zero-order valence-electron chi connectivity index (χ0n) is 17.3. The Morgan fingerprint density at radius 1 is 0.938 bits per heavy atom. The number of pyridine rings is 2. The molecule has 2 aromatic heterocycles. The van der Waals surface area contributed by atoms with Crippen LogP contribution in [0.3, 0.4) is 0 Å². The molecule has 1 N–H and O–H groups in total. The average Bonchev–Trinajstić information content (AvgIpc) is 2.81. The molecule has 0 saturated heterocycles. The Bertz CT molecular complexity index is 1370. The smallest absolute Gasteiger partial charge is 0.354 e. The molecule has 2 aromatic carbocycles. The molecule has 0 spiro atoms. The van der Waals surface area contributed by atoms with Gasteiger partial charge in [-0.2, -0.15) is 0 Å². The van der Waals surface area contributed by atoms with Gasteiger partial charge in [0.2, 0.25) is 5.91 Å². The summed E-state index contributed by atoms with van der Waals surface area (Å²) in [6, 6.07) is 22.2. The van der Waals surface area contributed by atoms with Crippen LogP contribution in [-0.2, 0) is 11.3 Å². The Balaban J connectivity index is 1.65. The number of hydrogen-bond donors (Lipinski definition) is 1. The van der Waals surface area contributed by atoms with Gasteiger partial charge >= 0.3 is 5.97 Å². The normalized spacial score (nSPS) is 10.3. The number of aromatic nitrogens is 2. The predicted octanol–water partition coefficient (Wildman–Crippen LogP) is 4.28. The number of carboxylic acid groups (broad SMARTS) is 1. The highest BCUT2D eigenvalue weighted by atomic mass is 16.4. The van der Waals surface area contributed by atoms with Crippen molar-refractivity contribution in [2.75, 3.05) is 4.90 Å². The van der Waals surface area contributed by atoms with E-state index in [1.54, 1.807) is 11.0 Å². The molecule has 6 heteroatoms. The van der Waals surface area contributed by atoms with Gasteiger partial charge in [-0.3, -0.25) is 9.78 Å². The SMILES string of the molecule is CC(=O)N(Cc1ccc2ccccc2n1)c1ccccc1C#Cc1ccc(C(=O)O)nc1. The summed E-state index contributed by atoms with van der Waals surface area (Å²) >= 11 is 0. The van der Waals surface area contributed by atoms with E-state index in [4.69, 9.17) is 5.11 Å². The molecule has 0 aliphatic carbocycles. The highest BCUT2D eigenvalue weighted by molar-refractivity contribution is 5.93. The van der Waals surface area contributed by atoms with Gasteiger partial charge < -0.3 is 10.0 Å². The van der Waals surface area contributed by atoms with Gasteiger partial charge in [0.25, 0.3) is 0 Å². The number of aromatic carboxylic acids is 1. The zero-order chi connectivity index (χ0) is 22.5. The average molecular weight is 421 g/mol. The first kappa shape index (κ1) is 20.8. The summed E-state index contributed by atoms with van der Waals surface area (Å²) in [5, 5.41) is 10.0. The largest absolute Gasteiger partial charge is 0.477 e. The van der Waals surface area contributed by atoms with Crippen LogP contribution in [0.25, 0.3) is 10.9 Å².